The van der Waals surface area contributed by atoms with Gasteiger partial charge in [0, 0.05) is 22.7 Å². The highest BCUT2D eigenvalue weighted by molar-refractivity contribution is 7.98. The van der Waals surface area contributed by atoms with Crippen molar-refractivity contribution in [1.29, 1.82) is 0 Å². The summed E-state index contributed by atoms with van der Waals surface area (Å²) in [4.78, 5) is 12.2. The van der Waals surface area contributed by atoms with Gasteiger partial charge in [0.2, 0.25) is 0 Å². The summed E-state index contributed by atoms with van der Waals surface area (Å²) in [6.45, 7) is 0. The van der Waals surface area contributed by atoms with E-state index in [0.717, 1.165) is 4.90 Å². The van der Waals surface area contributed by atoms with Gasteiger partial charge < -0.3 is 15.0 Å². The molecule has 0 unspecified atom stereocenters. The molecule has 0 spiro atoms. The number of hydrogen-bond donors (Lipinski definition) is 3. The minimum absolute atomic E-state index is 0.146. The van der Waals surface area contributed by atoms with E-state index in [0.29, 0.717) is 22.9 Å². The topological polar surface area (TPSA) is 116 Å². The van der Waals surface area contributed by atoms with Crippen LogP contribution < -0.4 is 21.7 Å². The molecule has 0 fully saturated rings. The number of nitrogens with one attached hydrogen (secondary N) is 1. The van der Waals surface area contributed by atoms with Gasteiger partial charge in [-0.15, -0.1) is 11.8 Å². The van der Waals surface area contributed by atoms with Gasteiger partial charge in [-0.3, -0.25) is 10.2 Å². The highest BCUT2D eigenvalue weighted by Crippen LogP contribution is 2.33. The standard InChI is InChI=1S/C12H14N4O3S/c1-18-10-4-7(13)2-3-11(10)20-6-8-5-9(16-19-8)12(17)15-14/h2-5H,6,13-14H2,1H3,(H,15,17). The van der Waals surface area contributed by atoms with E-state index in [1.807, 2.05) is 11.5 Å². The number of hydrogen-bond acceptors (Lipinski definition) is 7. The number of thioether (sulfide) groups is 1. The smallest absolute Gasteiger partial charge is 0.287 e. The van der Waals surface area contributed by atoms with Gasteiger partial charge in [0.1, 0.15) is 11.5 Å². The van der Waals surface area contributed by atoms with Gasteiger partial charge in [0.15, 0.2) is 5.69 Å². The quantitative estimate of drug-likeness (QED) is 0.249. The lowest BCUT2D eigenvalue weighted by atomic mass is 10.3. The van der Waals surface area contributed by atoms with Crippen molar-refractivity contribution in [2.75, 3.05) is 12.8 Å². The molecule has 0 atom stereocenters. The molecule has 0 radical (unpaired) electrons. The van der Waals surface area contributed by atoms with Crippen LogP contribution in [0.2, 0.25) is 0 Å². The fourth-order valence-corrected chi connectivity index (χ4v) is 2.40. The molecule has 0 aliphatic carbocycles. The van der Waals surface area contributed by atoms with Crippen LogP contribution in [-0.4, -0.2) is 18.2 Å². The largest absolute Gasteiger partial charge is 0.496 e. The van der Waals surface area contributed by atoms with Gasteiger partial charge in [-0.2, -0.15) is 0 Å². The number of ether oxygens (including phenoxy) is 1. The van der Waals surface area contributed by atoms with Crippen LogP contribution in [0.3, 0.4) is 0 Å². The fourth-order valence-electron chi connectivity index (χ4n) is 1.51. The molecule has 8 heteroatoms. The first-order valence-corrected chi connectivity index (χ1v) is 6.65. The van der Waals surface area contributed by atoms with E-state index in [1.54, 1.807) is 25.3 Å². The third kappa shape index (κ3) is 3.22. The molecule has 1 amide bonds. The molecule has 106 valence electrons. The normalized spacial score (nSPS) is 10.3. The molecule has 0 aliphatic heterocycles. The molecule has 1 heterocycles. The Morgan fingerprint density at radius 3 is 3.00 bits per heavy atom. The summed E-state index contributed by atoms with van der Waals surface area (Å²) in [5, 5.41) is 3.62. The number of nitrogen functional groups attached to an aromatic ring is 2. The van der Waals surface area contributed by atoms with Crippen molar-refractivity contribution < 1.29 is 14.1 Å². The molecule has 1 aromatic carbocycles. The van der Waals surface area contributed by atoms with Crippen molar-refractivity contribution in [3.8, 4) is 5.75 Å². The van der Waals surface area contributed by atoms with E-state index < -0.39 is 5.91 Å². The molecule has 0 saturated heterocycles. The monoisotopic (exact) mass is 294 g/mol. The number of anilines is 1. The van der Waals surface area contributed by atoms with E-state index in [-0.39, 0.29) is 5.69 Å². The molecular weight excluding hydrogens is 280 g/mol. The summed E-state index contributed by atoms with van der Waals surface area (Å²) in [5.74, 6) is 6.28. The van der Waals surface area contributed by atoms with Gasteiger partial charge in [-0.1, -0.05) is 5.16 Å². The average Bonchev–Trinajstić information content (AvgIpc) is 2.93. The Kier molecular flexibility index (Phi) is 4.49. The number of carbonyl (C=O) groups excluding carboxylic acids is 1. The molecular formula is C12H14N4O3S. The van der Waals surface area contributed by atoms with Crippen LogP contribution >= 0.6 is 11.8 Å². The maximum atomic E-state index is 11.2. The zero-order valence-corrected chi connectivity index (χ0v) is 11.6. The number of nitrogens with two attached hydrogens (primary N) is 2. The van der Waals surface area contributed by atoms with E-state index >= 15 is 0 Å². The minimum Gasteiger partial charge on any atom is -0.496 e. The van der Waals surface area contributed by atoms with Crippen molar-refractivity contribution in [3.05, 3.63) is 35.7 Å². The molecule has 5 N–H and O–H groups in total. The second kappa shape index (κ2) is 6.31. The number of hydrazine groups is 1. The minimum atomic E-state index is -0.491. The lowest BCUT2D eigenvalue weighted by molar-refractivity contribution is 0.0944. The summed E-state index contributed by atoms with van der Waals surface area (Å²) >= 11 is 1.49. The lowest BCUT2D eigenvalue weighted by Gasteiger charge is -2.07. The third-order valence-corrected chi connectivity index (χ3v) is 3.56. The lowest BCUT2D eigenvalue weighted by Crippen LogP contribution is -2.30. The van der Waals surface area contributed by atoms with Crippen LogP contribution in [0.1, 0.15) is 16.2 Å². The van der Waals surface area contributed by atoms with Gasteiger partial charge in [-0.25, -0.2) is 5.84 Å². The molecule has 1 aromatic heterocycles. The van der Waals surface area contributed by atoms with E-state index in [2.05, 4.69) is 5.16 Å². The summed E-state index contributed by atoms with van der Waals surface area (Å²) in [6, 6.07) is 6.94. The average molecular weight is 294 g/mol. The molecule has 0 aliphatic rings. The summed E-state index contributed by atoms with van der Waals surface area (Å²) in [5.41, 5.74) is 8.46. The van der Waals surface area contributed by atoms with Crippen LogP contribution in [0, 0.1) is 0 Å². The second-order valence-corrected chi connectivity index (χ2v) is 4.87. The zero-order valence-electron chi connectivity index (χ0n) is 10.8. The van der Waals surface area contributed by atoms with Crippen LogP contribution in [0.25, 0.3) is 0 Å². The highest BCUT2D eigenvalue weighted by atomic mass is 32.2. The number of methoxy groups -OCH3 is 1. The summed E-state index contributed by atoms with van der Waals surface area (Å²) in [6.07, 6.45) is 0. The molecule has 7 nitrogen and oxygen atoms in total. The predicted octanol–water partition coefficient (Wildman–Crippen LogP) is 1.16. The molecule has 2 rings (SSSR count). The van der Waals surface area contributed by atoms with Crippen molar-refractivity contribution in [2.24, 2.45) is 5.84 Å². The number of rotatable bonds is 5. The first kappa shape index (κ1) is 14.2. The molecule has 0 bridgehead atoms. The Balaban J connectivity index is 2.05. The van der Waals surface area contributed by atoms with Crippen molar-refractivity contribution in [2.45, 2.75) is 10.6 Å². The molecule has 2 aromatic rings. The van der Waals surface area contributed by atoms with Crippen LogP contribution in [-0.2, 0) is 5.75 Å². The number of carbonyl (C=O) groups is 1. The van der Waals surface area contributed by atoms with Crippen LogP contribution in [0.5, 0.6) is 5.75 Å². The molecule has 20 heavy (non-hydrogen) atoms. The maximum absolute atomic E-state index is 11.2. The first-order valence-electron chi connectivity index (χ1n) is 5.67. The van der Waals surface area contributed by atoms with Gasteiger partial charge in [0.25, 0.3) is 5.91 Å². The number of aromatic nitrogens is 1. The first-order chi connectivity index (χ1) is 9.63. The van der Waals surface area contributed by atoms with Crippen molar-refractivity contribution in [1.82, 2.24) is 10.6 Å². The van der Waals surface area contributed by atoms with Gasteiger partial charge in [0.05, 0.1) is 12.9 Å². The number of amides is 1. The molecule has 0 saturated carbocycles. The Morgan fingerprint density at radius 2 is 2.30 bits per heavy atom. The fraction of sp³-hybridized carbons (Fsp3) is 0.167. The highest BCUT2D eigenvalue weighted by Gasteiger charge is 2.12. The number of benzene rings is 1. The summed E-state index contributed by atoms with van der Waals surface area (Å²) in [7, 11) is 1.58. The Morgan fingerprint density at radius 1 is 1.50 bits per heavy atom. The summed E-state index contributed by atoms with van der Waals surface area (Å²) < 4.78 is 10.3. The van der Waals surface area contributed by atoms with Crippen molar-refractivity contribution >= 4 is 23.4 Å². The number of nitrogens with zero attached hydrogens (tertiary/aromatic N) is 1. The van der Waals surface area contributed by atoms with E-state index in [9.17, 15) is 4.79 Å². The van der Waals surface area contributed by atoms with Crippen molar-refractivity contribution in [3.63, 3.8) is 0 Å². The third-order valence-electron chi connectivity index (χ3n) is 2.48. The Bertz CT molecular complexity index is 614. The maximum Gasteiger partial charge on any atom is 0.287 e. The van der Waals surface area contributed by atoms with Crippen LogP contribution in [0.4, 0.5) is 5.69 Å². The van der Waals surface area contributed by atoms with E-state index in [4.69, 9.17) is 20.8 Å². The Labute approximate surface area is 119 Å². The predicted molar refractivity (Wildman–Crippen MR) is 75.1 cm³/mol. The van der Waals surface area contributed by atoms with E-state index in [1.165, 1.54) is 11.8 Å². The zero-order chi connectivity index (χ0) is 14.5. The van der Waals surface area contributed by atoms with Crippen LogP contribution in [0.15, 0.2) is 33.7 Å². The Hall–Kier alpha value is -2.19. The van der Waals surface area contributed by atoms with Gasteiger partial charge in [-0.05, 0) is 12.1 Å². The van der Waals surface area contributed by atoms with Gasteiger partial charge >= 0.3 is 0 Å². The second-order valence-electron chi connectivity index (χ2n) is 3.85. The SMILES string of the molecule is COc1cc(N)ccc1SCc1cc(C(=O)NN)no1.